The largest absolute Gasteiger partial charge is 0.351 e. The molecule has 3 heterocycles. The molecule has 0 bridgehead atoms. The molecule has 1 aliphatic carbocycles. The third-order valence-electron chi connectivity index (χ3n) is 4.35. The van der Waals surface area contributed by atoms with Crippen LogP contribution in [0.25, 0.3) is 0 Å². The molecule has 4 rings (SSSR count). The van der Waals surface area contributed by atoms with Crippen LogP contribution in [0.3, 0.4) is 0 Å². The fourth-order valence-corrected chi connectivity index (χ4v) is 3.08. The van der Waals surface area contributed by atoms with Crippen molar-refractivity contribution in [3.05, 3.63) is 24.2 Å². The average molecular weight is 300 g/mol. The van der Waals surface area contributed by atoms with Crippen LogP contribution in [-0.2, 0) is 6.54 Å². The van der Waals surface area contributed by atoms with Crippen LogP contribution in [0.4, 0.5) is 5.82 Å². The molecule has 0 spiro atoms. The summed E-state index contributed by atoms with van der Waals surface area (Å²) in [6.07, 6.45) is 6.48. The Bertz CT molecular complexity index is 608. The first-order valence-corrected chi connectivity index (χ1v) is 7.93. The molecule has 0 amide bonds. The Morgan fingerprint density at radius 2 is 2.18 bits per heavy atom. The van der Waals surface area contributed by atoms with Crippen LogP contribution < -0.4 is 10.2 Å². The first kappa shape index (κ1) is 13.6. The van der Waals surface area contributed by atoms with Gasteiger partial charge in [-0.25, -0.2) is 4.68 Å². The standard InChI is InChI=1S/C14H20N8/c1-4-13(17-16-7-1)21-8-2-3-12(21)9-15-10-14-18-19-20-22(14)11-5-6-11/h1,4,7,11-12,15H,2-3,5-6,8-10H2/t12-/m0/s1. The minimum atomic E-state index is 0.460. The van der Waals surface area contributed by atoms with E-state index in [4.69, 9.17) is 0 Å². The van der Waals surface area contributed by atoms with Gasteiger partial charge in [-0.15, -0.1) is 10.2 Å². The molecular formula is C14H20N8. The highest BCUT2D eigenvalue weighted by atomic mass is 15.6. The highest BCUT2D eigenvalue weighted by molar-refractivity contribution is 5.39. The maximum absolute atomic E-state index is 4.23. The Morgan fingerprint density at radius 3 is 3.00 bits per heavy atom. The van der Waals surface area contributed by atoms with E-state index in [2.05, 4.69) is 35.9 Å². The lowest BCUT2D eigenvalue weighted by Gasteiger charge is -2.25. The van der Waals surface area contributed by atoms with Crippen molar-refractivity contribution in [3.8, 4) is 0 Å². The second kappa shape index (κ2) is 5.96. The molecule has 8 nitrogen and oxygen atoms in total. The van der Waals surface area contributed by atoms with Crippen molar-refractivity contribution in [1.29, 1.82) is 0 Å². The molecular weight excluding hydrogens is 280 g/mol. The third-order valence-corrected chi connectivity index (χ3v) is 4.35. The summed E-state index contributed by atoms with van der Waals surface area (Å²) in [7, 11) is 0. The molecule has 1 saturated carbocycles. The van der Waals surface area contributed by atoms with Crippen molar-refractivity contribution in [2.45, 2.75) is 44.3 Å². The normalized spacial score (nSPS) is 21.5. The van der Waals surface area contributed by atoms with Crippen molar-refractivity contribution in [2.24, 2.45) is 0 Å². The van der Waals surface area contributed by atoms with Gasteiger partial charge in [0.1, 0.15) is 0 Å². The molecule has 8 heteroatoms. The summed E-state index contributed by atoms with van der Waals surface area (Å²) in [5.41, 5.74) is 0. The predicted octanol–water partition coefficient (Wildman–Crippen LogP) is 0.557. The van der Waals surface area contributed by atoms with Gasteiger partial charge in [0, 0.05) is 25.3 Å². The topological polar surface area (TPSA) is 84.7 Å². The number of aromatic nitrogens is 6. The van der Waals surface area contributed by atoms with E-state index >= 15 is 0 Å². The highest BCUT2D eigenvalue weighted by Gasteiger charge is 2.28. The van der Waals surface area contributed by atoms with Gasteiger partial charge >= 0.3 is 0 Å². The molecule has 2 fully saturated rings. The third kappa shape index (κ3) is 2.78. The van der Waals surface area contributed by atoms with E-state index in [1.165, 1.54) is 25.7 Å². The van der Waals surface area contributed by atoms with Crippen LogP contribution in [0.1, 0.15) is 37.5 Å². The molecule has 1 aliphatic heterocycles. The molecule has 1 atom stereocenters. The number of hydrogen-bond acceptors (Lipinski definition) is 7. The van der Waals surface area contributed by atoms with Gasteiger partial charge in [0.2, 0.25) is 0 Å². The number of nitrogens with zero attached hydrogens (tertiary/aromatic N) is 7. The van der Waals surface area contributed by atoms with Crippen molar-refractivity contribution >= 4 is 5.82 Å². The Morgan fingerprint density at radius 1 is 1.23 bits per heavy atom. The lowest BCUT2D eigenvalue weighted by Crippen LogP contribution is -2.38. The van der Waals surface area contributed by atoms with Crippen molar-refractivity contribution in [1.82, 2.24) is 35.7 Å². The molecule has 2 aromatic heterocycles. The minimum absolute atomic E-state index is 0.460. The highest BCUT2D eigenvalue weighted by Crippen LogP contribution is 2.34. The van der Waals surface area contributed by atoms with Crippen LogP contribution in [0.5, 0.6) is 0 Å². The number of anilines is 1. The van der Waals surface area contributed by atoms with Crippen LogP contribution >= 0.6 is 0 Å². The van der Waals surface area contributed by atoms with Crippen molar-refractivity contribution in [3.63, 3.8) is 0 Å². The SMILES string of the molecule is c1cnnc(N2CCC[C@H]2CNCc2nnnn2C2CC2)c1. The second-order valence-electron chi connectivity index (χ2n) is 5.97. The molecule has 0 radical (unpaired) electrons. The van der Waals surface area contributed by atoms with Gasteiger partial charge in [0.15, 0.2) is 11.6 Å². The zero-order valence-corrected chi connectivity index (χ0v) is 12.5. The predicted molar refractivity (Wildman–Crippen MR) is 80.2 cm³/mol. The van der Waals surface area contributed by atoms with E-state index in [9.17, 15) is 0 Å². The van der Waals surface area contributed by atoms with Gasteiger partial charge in [0.05, 0.1) is 12.6 Å². The minimum Gasteiger partial charge on any atom is -0.351 e. The van der Waals surface area contributed by atoms with Crippen LogP contribution in [0, 0.1) is 0 Å². The quantitative estimate of drug-likeness (QED) is 0.834. The zero-order valence-electron chi connectivity index (χ0n) is 12.5. The summed E-state index contributed by atoms with van der Waals surface area (Å²) in [6.45, 7) is 2.67. The van der Waals surface area contributed by atoms with E-state index < -0.39 is 0 Å². The van der Waals surface area contributed by atoms with Gasteiger partial charge in [-0.05, 0) is 48.2 Å². The summed E-state index contributed by atoms with van der Waals surface area (Å²) in [5, 5.41) is 23.7. The molecule has 2 aromatic rings. The number of nitrogens with one attached hydrogen (secondary N) is 1. The number of tetrazole rings is 1. The molecule has 0 aromatic carbocycles. The fraction of sp³-hybridized carbons (Fsp3) is 0.643. The fourth-order valence-electron chi connectivity index (χ4n) is 3.08. The first-order chi connectivity index (χ1) is 10.9. The Kier molecular flexibility index (Phi) is 3.67. The summed E-state index contributed by atoms with van der Waals surface area (Å²) in [6, 6.07) is 4.95. The summed E-state index contributed by atoms with van der Waals surface area (Å²) in [4.78, 5) is 2.34. The lowest BCUT2D eigenvalue weighted by molar-refractivity contribution is 0.525. The summed E-state index contributed by atoms with van der Waals surface area (Å²) in [5.74, 6) is 1.90. The number of rotatable bonds is 6. The molecule has 22 heavy (non-hydrogen) atoms. The molecule has 1 N–H and O–H groups in total. The Hall–Kier alpha value is -2.09. The maximum Gasteiger partial charge on any atom is 0.165 e. The van der Waals surface area contributed by atoms with Gasteiger partial charge in [-0.3, -0.25) is 0 Å². The Labute approximate surface area is 128 Å². The smallest absolute Gasteiger partial charge is 0.165 e. The Balaban J connectivity index is 1.34. The second-order valence-corrected chi connectivity index (χ2v) is 5.97. The molecule has 0 unspecified atom stereocenters. The summed E-state index contributed by atoms with van der Waals surface area (Å²) < 4.78 is 1.96. The van der Waals surface area contributed by atoms with Crippen molar-refractivity contribution in [2.75, 3.05) is 18.0 Å². The van der Waals surface area contributed by atoms with E-state index in [0.717, 1.165) is 24.7 Å². The van der Waals surface area contributed by atoms with E-state index in [1.807, 2.05) is 16.8 Å². The van der Waals surface area contributed by atoms with E-state index in [0.29, 0.717) is 18.6 Å². The van der Waals surface area contributed by atoms with Crippen LogP contribution in [0.2, 0.25) is 0 Å². The average Bonchev–Trinajstić information content (AvgIpc) is 3.11. The van der Waals surface area contributed by atoms with Crippen LogP contribution in [0.15, 0.2) is 18.3 Å². The summed E-state index contributed by atoms with van der Waals surface area (Å²) >= 11 is 0. The van der Waals surface area contributed by atoms with Gasteiger partial charge in [-0.2, -0.15) is 5.10 Å². The van der Waals surface area contributed by atoms with Gasteiger partial charge < -0.3 is 10.2 Å². The van der Waals surface area contributed by atoms with Gasteiger partial charge in [0.25, 0.3) is 0 Å². The van der Waals surface area contributed by atoms with E-state index in [-0.39, 0.29) is 0 Å². The first-order valence-electron chi connectivity index (χ1n) is 7.93. The molecule has 116 valence electrons. The van der Waals surface area contributed by atoms with Gasteiger partial charge in [-0.1, -0.05) is 0 Å². The van der Waals surface area contributed by atoms with Crippen molar-refractivity contribution < 1.29 is 0 Å². The zero-order chi connectivity index (χ0) is 14.8. The molecule has 1 saturated heterocycles. The van der Waals surface area contributed by atoms with Crippen LogP contribution in [-0.4, -0.2) is 49.5 Å². The monoisotopic (exact) mass is 300 g/mol. The number of hydrogen-bond donors (Lipinski definition) is 1. The maximum atomic E-state index is 4.23. The lowest BCUT2D eigenvalue weighted by atomic mass is 10.2. The molecule has 2 aliphatic rings. The van der Waals surface area contributed by atoms with E-state index in [1.54, 1.807) is 6.20 Å².